The van der Waals surface area contributed by atoms with Crippen molar-refractivity contribution in [2.75, 3.05) is 11.9 Å². The van der Waals surface area contributed by atoms with E-state index in [0.29, 0.717) is 15.2 Å². The van der Waals surface area contributed by atoms with Gasteiger partial charge in [-0.2, -0.15) is 13.2 Å². The van der Waals surface area contributed by atoms with E-state index in [-0.39, 0.29) is 30.8 Å². The summed E-state index contributed by atoms with van der Waals surface area (Å²) in [5, 5.41) is 13.9. The molecule has 0 aliphatic heterocycles. The number of nitrogens with two attached hydrogens (primary N) is 1. The standard InChI is InChI=1S/C23H22F3N5O6S/c24-23(25,26)12-37-16-8-3-6-13-19(16)38-18(28-13)11-31-10-4-7-15(21(31)34)29-20(33)14(30-22(35)36)5-1-2-9-17(27)32/h2-4,6-10,14,30H,1,5,11-12H2,(H2,27,32)(H,29,33)(H,35,36). The highest BCUT2D eigenvalue weighted by Crippen LogP contribution is 2.32. The lowest BCUT2D eigenvalue weighted by Crippen LogP contribution is -2.44. The molecule has 38 heavy (non-hydrogen) atoms. The molecule has 3 amide bonds. The van der Waals surface area contributed by atoms with Crippen LogP contribution in [-0.4, -0.2) is 51.4 Å². The maximum Gasteiger partial charge on any atom is 0.422 e. The zero-order chi connectivity index (χ0) is 27.9. The predicted octanol–water partition coefficient (Wildman–Crippen LogP) is 2.84. The zero-order valence-electron chi connectivity index (χ0n) is 19.5. The molecule has 0 saturated carbocycles. The quantitative estimate of drug-likeness (QED) is 0.265. The van der Waals surface area contributed by atoms with Crippen LogP contribution < -0.4 is 26.7 Å². The fraction of sp³-hybridized carbons (Fsp3) is 0.261. The zero-order valence-corrected chi connectivity index (χ0v) is 20.3. The number of hydrogen-bond donors (Lipinski definition) is 4. The number of halogens is 3. The number of rotatable bonds is 11. The average molecular weight is 554 g/mol. The first-order chi connectivity index (χ1) is 17.9. The average Bonchev–Trinajstić information content (AvgIpc) is 3.24. The lowest BCUT2D eigenvalue weighted by Gasteiger charge is -2.16. The fourth-order valence-corrected chi connectivity index (χ4v) is 4.34. The Bertz CT molecular complexity index is 1420. The van der Waals surface area contributed by atoms with Crippen molar-refractivity contribution in [3.63, 3.8) is 0 Å². The number of carboxylic acid groups (broad SMARTS) is 1. The summed E-state index contributed by atoms with van der Waals surface area (Å²) in [5.74, 6) is -1.47. The third-order valence-corrected chi connectivity index (χ3v) is 5.99. The molecule has 3 rings (SSSR count). The summed E-state index contributed by atoms with van der Waals surface area (Å²) in [7, 11) is 0. The van der Waals surface area contributed by atoms with Gasteiger partial charge in [-0.15, -0.1) is 11.3 Å². The van der Waals surface area contributed by atoms with E-state index in [1.165, 1.54) is 41.1 Å². The smallest absolute Gasteiger partial charge is 0.422 e. The van der Waals surface area contributed by atoms with Gasteiger partial charge in [-0.25, -0.2) is 9.78 Å². The van der Waals surface area contributed by atoms with Crippen molar-refractivity contribution in [1.29, 1.82) is 0 Å². The largest absolute Gasteiger partial charge is 0.483 e. The van der Waals surface area contributed by atoms with Gasteiger partial charge in [0.1, 0.15) is 22.5 Å². The number of carbonyl (C=O) groups excluding carboxylic acids is 2. The number of allylic oxidation sites excluding steroid dienone is 1. The number of anilines is 1. The van der Waals surface area contributed by atoms with E-state index < -0.39 is 42.3 Å². The molecule has 1 aromatic carbocycles. The molecule has 1 atom stereocenters. The van der Waals surface area contributed by atoms with Gasteiger partial charge in [-0.05, 0) is 43.2 Å². The molecule has 0 bridgehead atoms. The SMILES string of the molecule is NC(=O)C=CCCC(NC(=O)O)C(=O)Nc1cccn(Cc2nc3cccc(OCC(F)(F)F)c3s2)c1=O. The Kier molecular flexibility index (Phi) is 9.07. The third kappa shape index (κ3) is 8.06. The normalized spacial score (nSPS) is 12.4. The molecule has 11 nitrogen and oxygen atoms in total. The minimum Gasteiger partial charge on any atom is -0.483 e. The summed E-state index contributed by atoms with van der Waals surface area (Å²) in [6.45, 7) is -1.50. The lowest BCUT2D eigenvalue weighted by atomic mass is 10.1. The molecule has 15 heteroatoms. The third-order valence-electron chi connectivity index (χ3n) is 4.92. The summed E-state index contributed by atoms with van der Waals surface area (Å²) >= 11 is 1.06. The van der Waals surface area contributed by atoms with Crippen molar-refractivity contribution >= 4 is 45.1 Å². The van der Waals surface area contributed by atoms with Crippen molar-refractivity contribution < 1.29 is 37.4 Å². The molecule has 1 unspecified atom stereocenters. The molecule has 3 aromatic rings. The van der Waals surface area contributed by atoms with Crippen LogP contribution in [0.3, 0.4) is 0 Å². The molecular weight excluding hydrogens is 531 g/mol. The van der Waals surface area contributed by atoms with E-state index in [2.05, 4.69) is 15.6 Å². The van der Waals surface area contributed by atoms with Gasteiger partial charge in [0, 0.05) is 6.20 Å². The number of fused-ring (bicyclic) bond motifs is 1. The van der Waals surface area contributed by atoms with Gasteiger partial charge in [0.05, 0.1) is 16.8 Å². The van der Waals surface area contributed by atoms with Gasteiger partial charge in [-0.1, -0.05) is 12.1 Å². The van der Waals surface area contributed by atoms with Crippen LogP contribution in [0.5, 0.6) is 5.75 Å². The number of pyridine rings is 1. The molecule has 0 fully saturated rings. The van der Waals surface area contributed by atoms with Crippen molar-refractivity contribution in [2.45, 2.75) is 31.6 Å². The van der Waals surface area contributed by atoms with Gasteiger partial charge in [0.25, 0.3) is 5.56 Å². The Labute approximate surface area is 216 Å². The minimum absolute atomic E-state index is 0.00656. The molecule has 2 aromatic heterocycles. The van der Waals surface area contributed by atoms with Crippen LogP contribution in [0, 0.1) is 0 Å². The fourth-order valence-electron chi connectivity index (χ4n) is 3.31. The summed E-state index contributed by atoms with van der Waals surface area (Å²) in [5.41, 5.74) is 4.65. The maximum absolute atomic E-state index is 13.0. The van der Waals surface area contributed by atoms with E-state index in [1.807, 2.05) is 0 Å². The number of nitrogens with zero attached hydrogens (tertiary/aromatic N) is 2. The van der Waals surface area contributed by atoms with E-state index in [1.54, 1.807) is 6.07 Å². The van der Waals surface area contributed by atoms with Crippen LogP contribution in [0.25, 0.3) is 10.2 Å². The van der Waals surface area contributed by atoms with E-state index in [0.717, 1.165) is 17.4 Å². The van der Waals surface area contributed by atoms with Crippen LogP contribution in [0.2, 0.25) is 0 Å². The molecule has 2 heterocycles. The van der Waals surface area contributed by atoms with Gasteiger partial charge in [0.2, 0.25) is 11.8 Å². The summed E-state index contributed by atoms with van der Waals surface area (Å²) in [4.78, 5) is 51.9. The van der Waals surface area contributed by atoms with Gasteiger partial charge >= 0.3 is 12.3 Å². The van der Waals surface area contributed by atoms with Gasteiger partial charge < -0.3 is 30.8 Å². The second-order valence-corrected chi connectivity index (χ2v) is 8.93. The number of amides is 3. The van der Waals surface area contributed by atoms with Crippen LogP contribution >= 0.6 is 11.3 Å². The molecule has 202 valence electrons. The minimum atomic E-state index is -4.51. The van der Waals surface area contributed by atoms with Crippen LogP contribution in [0.15, 0.2) is 53.5 Å². The topological polar surface area (TPSA) is 166 Å². The highest BCUT2D eigenvalue weighted by Gasteiger charge is 2.29. The number of aromatic nitrogens is 2. The molecule has 0 aliphatic carbocycles. The predicted molar refractivity (Wildman–Crippen MR) is 132 cm³/mol. The van der Waals surface area contributed by atoms with Crippen LogP contribution in [-0.2, 0) is 16.1 Å². The second-order valence-electron chi connectivity index (χ2n) is 7.84. The molecule has 0 radical (unpaired) electrons. The Morgan fingerprint density at radius 2 is 2.00 bits per heavy atom. The Morgan fingerprint density at radius 3 is 2.68 bits per heavy atom. The molecular formula is C23H22F3N5O6S. The second kappa shape index (κ2) is 12.2. The number of primary amides is 1. The molecule has 5 N–H and O–H groups in total. The monoisotopic (exact) mass is 553 g/mol. The highest BCUT2D eigenvalue weighted by atomic mass is 32.1. The lowest BCUT2D eigenvalue weighted by molar-refractivity contribution is -0.153. The Morgan fingerprint density at radius 1 is 1.24 bits per heavy atom. The summed E-state index contributed by atoms with van der Waals surface area (Å²) in [6.07, 6.45) is -1.90. The first kappa shape index (κ1) is 28.2. The van der Waals surface area contributed by atoms with Gasteiger partial charge in [0.15, 0.2) is 6.61 Å². The number of nitrogens with one attached hydrogen (secondary N) is 2. The Hall–Kier alpha value is -4.40. The van der Waals surface area contributed by atoms with Crippen molar-refractivity contribution in [3.8, 4) is 5.75 Å². The maximum atomic E-state index is 13.0. The summed E-state index contributed by atoms with van der Waals surface area (Å²) in [6, 6.07) is 6.09. The van der Waals surface area contributed by atoms with Crippen LogP contribution in [0.1, 0.15) is 17.8 Å². The number of alkyl halides is 3. The Balaban J connectivity index is 1.76. The number of benzene rings is 1. The van der Waals surface area contributed by atoms with E-state index in [9.17, 15) is 32.3 Å². The number of thiazole rings is 1. The number of carbonyl (C=O) groups is 3. The van der Waals surface area contributed by atoms with Crippen molar-refractivity contribution in [2.24, 2.45) is 5.73 Å². The number of ether oxygens (including phenoxy) is 1. The number of hydrogen-bond acceptors (Lipinski definition) is 7. The molecule has 0 spiro atoms. The molecule has 0 aliphatic rings. The summed E-state index contributed by atoms with van der Waals surface area (Å²) < 4.78 is 44.2. The highest BCUT2D eigenvalue weighted by molar-refractivity contribution is 7.19. The van der Waals surface area contributed by atoms with Crippen LogP contribution in [0.4, 0.5) is 23.7 Å². The molecule has 0 saturated heterocycles. The first-order valence-corrected chi connectivity index (χ1v) is 11.8. The van der Waals surface area contributed by atoms with Crippen molar-refractivity contribution in [1.82, 2.24) is 14.9 Å². The van der Waals surface area contributed by atoms with E-state index in [4.69, 9.17) is 15.6 Å². The van der Waals surface area contributed by atoms with E-state index >= 15 is 0 Å². The van der Waals surface area contributed by atoms with Crippen molar-refractivity contribution in [3.05, 3.63) is 64.0 Å². The van der Waals surface area contributed by atoms with Gasteiger partial charge in [-0.3, -0.25) is 14.4 Å². The first-order valence-electron chi connectivity index (χ1n) is 11.0.